The number of aliphatic hydroxyl groups is 1. The van der Waals surface area contributed by atoms with Crippen molar-refractivity contribution in [2.45, 2.75) is 19.5 Å². The highest BCUT2D eigenvalue weighted by Crippen LogP contribution is 2.34. The Morgan fingerprint density at radius 3 is 2.48 bits per heavy atom. The number of halogens is 3. The van der Waals surface area contributed by atoms with Gasteiger partial charge >= 0.3 is 6.18 Å². The SMILES string of the molecule is CCCN(CCO)c1ccc(C(N)=NO)c(C(F)(F)F)c1. The van der Waals surface area contributed by atoms with Gasteiger partial charge in [-0.3, -0.25) is 0 Å². The normalized spacial score (nSPS) is 12.5. The first-order valence-corrected chi connectivity index (χ1v) is 6.40. The van der Waals surface area contributed by atoms with Crippen LogP contribution in [0.3, 0.4) is 0 Å². The van der Waals surface area contributed by atoms with Gasteiger partial charge in [0.2, 0.25) is 0 Å². The van der Waals surface area contributed by atoms with E-state index in [0.717, 1.165) is 18.6 Å². The molecule has 8 heteroatoms. The summed E-state index contributed by atoms with van der Waals surface area (Å²) in [5.41, 5.74) is 4.25. The number of anilines is 1. The molecule has 0 radical (unpaired) electrons. The topological polar surface area (TPSA) is 82.1 Å². The summed E-state index contributed by atoms with van der Waals surface area (Å²) in [6.45, 7) is 2.47. The lowest BCUT2D eigenvalue weighted by atomic mass is 10.0. The Kier molecular flexibility index (Phi) is 5.83. The minimum absolute atomic E-state index is 0.163. The van der Waals surface area contributed by atoms with E-state index in [4.69, 9.17) is 16.0 Å². The lowest BCUT2D eigenvalue weighted by molar-refractivity contribution is -0.137. The van der Waals surface area contributed by atoms with Crippen LogP contribution in [-0.4, -0.2) is 35.8 Å². The fraction of sp³-hybridized carbons (Fsp3) is 0.462. The zero-order valence-electron chi connectivity index (χ0n) is 11.6. The Labute approximate surface area is 120 Å². The molecule has 21 heavy (non-hydrogen) atoms. The van der Waals surface area contributed by atoms with Crippen molar-refractivity contribution in [2.75, 3.05) is 24.6 Å². The zero-order chi connectivity index (χ0) is 16.0. The molecule has 0 fully saturated rings. The molecule has 0 spiro atoms. The molecule has 0 aliphatic heterocycles. The highest BCUT2D eigenvalue weighted by Gasteiger charge is 2.35. The molecule has 1 rings (SSSR count). The van der Waals surface area contributed by atoms with Crippen LogP contribution in [0.1, 0.15) is 24.5 Å². The fourth-order valence-electron chi connectivity index (χ4n) is 2.00. The third kappa shape index (κ3) is 4.25. The maximum absolute atomic E-state index is 13.1. The highest BCUT2D eigenvalue weighted by molar-refractivity contribution is 5.99. The standard InChI is InChI=1S/C13H18F3N3O2/c1-2-5-19(6-7-20)9-3-4-10(12(17)18-21)11(8-9)13(14,15)16/h3-4,8,20-21H,2,5-7H2,1H3,(H2,17,18). The predicted octanol–water partition coefficient (Wildman–Crippen LogP) is 2.01. The van der Waals surface area contributed by atoms with Crippen LogP contribution < -0.4 is 10.6 Å². The van der Waals surface area contributed by atoms with Crippen LogP contribution in [0.25, 0.3) is 0 Å². The van der Waals surface area contributed by atoms with E-state index in [1.165, 1.54) is 6.07 Å². The number of rotatable bonds is 6. The molecule has 0 amide bonds. The van der Waals surface area contributed by atoms with Crippen molar-refractivity contribution in [3.05, 3.63) is 29.3 Å². The minimum atomic E-state index is -4.63. The van der Waals surface area contributed by atoms with Crippen molar-refractivity contribution in [1.82, 2.24) is 0 Å². The Bertz CT molecular complexity index is 498. The van der Waals surface area contributed by atoms with E-state index in [2.05, 4.69) is 5.16 Å². The monoisotopic (exact) mass is 305 g/mol. The zero-order valence-corrected chi connectivity index (χ0v) is 11.6. The van der Waals surface area contributed by atoms with Crippen LogP contribution in [0.4, 0.5) is 18.9 Å². The molecule has 4 N–H and O–H groups in total. The smallest absolute Gasteiger partial charge is 0.409 e. The van der Waals surface area contributed by atoms with Crippen LogP contribution in [0, 0.1) is 0 Å². The molecule has 0 saturated carbocycles. The summed E-state index contributed by atoms with van der Waals surface area (Å²) in [4.78, 5) is 1.64. The highest BCUT2D eigenvalue weighted by atomic mass is 19.4. The number of alkyl halides is 3. The van der Waals surface area contributed by atoms with Gasteiger partial charge < -0.3 is 20.9 Å². The van der Waals surface area contributed by atoms with E-state index in [1.54, 1.807) is 4.90 Å². The molecule has 0 heterocycles. The van der Waals surface area contributed by atoms with Gasteiger partial charge in [-0.1, -0.05) is 12.1 Å². The number of benzene rings is 1. The lowest BCUT2D eigenvalue weighted by Crippen LogP contribution is -2.28. The molecule has 0 bridgehead atoms. The first-order valence-electron chi connectivity index (χ1n) is 6.40. The molecule has 1 aromatic rings. The number of oxime groups is 1. The summed E-state index contributed by atoms with van der Waals surface area (Å²) < 4.78 is 39.3. The first-order chi connectivity index (χ1) is 9.85. The van der Waals surface area contributed by atoms with Gasteiger partial charge in [-0.05, 0) is 24.6 Å². The Morgan fingerprint density at radius 1 is 1.33 bits per heavy atom. The predicted molar refractivity (Wildman–Crippen MR) is 73.5 cm³/mol. The largest absolute Gasteiger partial charge is 0.417 e. The Morgan fingerprint density at radius 2 is 2.00 bits per heavy atom. The molecule has 0 unspecified atom stereocenters. The first kappa shape index (κ1) is 17.1. The summed E-state index contributed by atoms with van der Waals surface area (Å²) in [7, 11) is 0. The van der Waals surface area contributed by atoms with Crippen LogP contribution in [0.5, 0.6) is 0 Å². The van der Waals surface area contributed by atoms with Crippen molar-refractivity contribution in [2.24, 2.45) is 10.9 Å². The summed E-state index contributed by atoms with van der Waals surface area (Å²) in [6.07, 6.45) is -3.90. The molecule has 1 aromatic carbocycles. The number of nitrogens with two attached hydrogens (primary N) is 1. The number of aliphatic hydroxyl groups excluding tert-OH is 1. The van der Waals surface area contributed by atoms with E-state index < -0.39 is 17.6 Å². The second kappa shape index (κ2) is 7.16. The van der Waals surface area contributed by atoms with Crippen molar-refractivity contribution in [3.8, 4) is 0 Å². The third-order valence-corrected chi connectivity index (χ3v) is 2.92. The minimum Gasteiger partial charge on any atom is -0.409 e. The van der Waals surface area contributed by atoms with Gasteiger partial charge in [-0.25, -0.2) is 0 Å². The van der Waals surface area contributed by atoms with E-state index in [0.29, 0.717) is 12.2 Å². The summed E-state index contributed by atoms with van der Waals surface area (Å²) >= 11 is 0. The Hall–Kier alpha value is -1.96. The molecule has 0 atom stereocenters. The van der Waals surface area contributed by atoms with Crippen molar-refractivity contribution >= 4 is 11.5 Å². The average Bonchev–Trinajstić information content (AvgIpc) is 2.44. The summed E-state index contributed by atoms with van der Waals surface area (Å²) in [6, 6.07) is 3.56. The molecular weight excluding hydrogens is 287 g/mol. The van der Waals surface area contributed by atoms with Crippen LogP contribution in [0.15, 0.2) is 23.4 Å². The molecule has 5 nitrogen and oxygen atoms in total. The summed E-state index contributed by atoms with van der Waals surface area (Å²) in [5.74, 6) is -0.599. The molecular formula is C13H18F3N3O2. The van der Waals surface area contributed by atoms with E-state index in [9.17, 15) is 13.2 Å². The van der Waals surface area contributed by atoms with Gasteiger partial charge in [0.15, 0.2) is 5.84 Å². The number of hydrogen-bond acceptors (Lipinski definition) is 4. The molecule has 0 aliphatic rings. The Balaban J connectivity index is 3.32. The molecule has 0 saturated heterocycles. The quantitative estimate of drug-likeness (QED) is 0.325. The third-order valence-electron chi connectivity index (χ3n) is 2.92. The molecule has 118 valence electrons. The van der Waals surface area contributed by atoms with Crippen molar-refractivity contribution < 1.29 is 23.5 Å². The molecule has 0 aromatic heterocycles. The number of amidine groups is 1. The van der Waals surface area contributed by atoms with Crippen LogP contribution >= 0.6 is 0 Å². The maximum Gasteiger partial charge on any atom is 0.417 e. The van der Waals surface area contributed by atoms with Crippen molar-refractivity contribution in [1.29, 1.82) is 0 Å². The van der Waals surface area contributed by atoms with Gasteiger partial charge in [0.1, 0.15) is 0 Å². The van der Waals surface area contributed by atoms with E-state index in [-0.39, 0.29) is 18.7 Å². The molecule has 0 aliphatic carbocycles. The van der Waals surface area contributed by atoms with Gasteiger partial charge in [-0.2, -0.15) is 13.2 Å². The average molecular weight is 305 g/mol. The lowest BCUT2D eigenvalue weighted by Gasteiger charge is -2.25. The van der Waals surface area contributed by atoms with Crippen LogP contribution in [0.2, 0.25) is 0 Å². The fourth-order valence-corrected chi connectivity index (χ4v) is 2.00. The van der Waals surface area contributed by atoms with Gasteiger partial charge in [0.25, 0.3) is 0 Å². The van der Waals surface area contributed by atoms with Gasteiger partial charge in [0, 0.05) is 24.3 Å². The van der Waals surface area contributed by atoms with Gasteiger partial charge in [0.05, 0.1) is 12.2 Å². The number of nitrogens with zero attached hydrogens (tertiary/aromatic N) is 2. The second-order valence-corrected chi connectivity index (χ2v) is 4.42. The van der Waals surface area contributed by atoms with E-state index in [1.807, 2.05) is 6.92 Å². The van der Waals surface area contributed by atoms with Crippen LogP contribution in [-0.2, 0) is 6.18 Å². The van der Waals surface area contributed by atoms with Crippen molar-refractivity contribution in [3.63, 3.8) is 0 Å². The second-order valence-electron chi connectivity index (χ2n) is 4.42. The summed E-state index contributed by atoms with van der Waals surface area (Å²) in [5, 5.41) is 20.2. The van der Waals surface area contributed by atoms with Gasteiger partial charge in [-0.15, -0.1) is 0 Å². The van der Waals surface area contributed by atoms with E-state index >= 15 is 0 Å². The maximum atomic E-state index is 13.1. The number of hydrogen-bond donors (Lipinski definition) is 3.